The third-order valence-corrected chi connectivity index (χ3v) is 5.06. The fourth-order valence-electron chi connectivity index (χ4n) is 3.22. The van der Waals surface area contributed by atoms with Gasteiger partial charge in [-0.2, -0.15) is 0 Å². The molecule has 1 unspecified atom stereocenters. The molecule has 0 saturated carbocycles. The maximum Gasteiger partial charge on any atom is 0.317 e. The summed E-state index contributed by atoms with van der Waals surface area (Å²) in [6.07, 6.45) is 2.53. The van der Waals surface area contributed by atoms with Crippen molar-refractivity contribution in [2.24, 2.45) is 0 Å². The highest BCUT2D eigenvalue weighted by atomic mass is 16.3. The first-order valence-electron chi connectivity index (χ1n) is 9.00. The first-order chi connectivity index (χ1) is 11.5. The number of nitrogens with one attached hydrogen (secondary N) is 1. The van der Waals surface area contributed by atoms with E-state index in [0.29, 0.717) is 19.5 Å². The van der Waals surface area contributed by atoms with Crippen LogP contribution < -0.4 is 5.32 Å². The second kappa shape index (κ2) is 8.49. The normalized spacial score (nSPS) is 18.8. The lowest BCUT2D eigenvalue weighted by Gasteiger charge is -2.36. The first kappa shape index (κ1) is 18.7. The number of hydrogen-bond donors (Lipinski definition) is 2. The largest absolute Gasteiger partial charge is 0.383 e. The standard InChI is InChI=1S/C19H31N3O2/c1-4-19(24,16-9-7-6-8-10-16)15-22(5-2)18(23)20-17-11-13-21(3)14-12-17/h6-10,17,24H,4-5,11-15H2,1-3H3,(H,20,23). The lowest BCUT2D eigenvalue weighted by Crippen LogP contribution is -2.52. The van der Waals surface area contributed by atoms with E-state index >= 15 is 0 Å². The molecule has 0 bridgehead atoms. The SMILES string of the molecule is CCN(CC(O)(CC)c1ccccc1)C(=O)NC1CCN(C)CC1. The molecule has 0 radical (unpaired) electrons. The Kier molecular flexibility index (Phi) is 6.63. The molecule has 0 aliphatic carbocycles. The second-order valence-corrected chi connectivity index (χ2v) is 6.79. The molecule has 0 aromatic heterocycles. The summed E-state index contributed by atoms with van der Waals surface area (Å²) < 4.78 is 0. The van der Waals surface area contributed by atoms with Gasteiger partial charge >= 0.3 is 6.03 Å². The van der Waals surface area contributed by atoms with Crippen LogP contribution in [-0.2, 0) is 5.60 Å². The highest BCUT2D eigenvalue weighted by molar-refractivity contribution is 5.74. The van der Waals surface area contributed by atoms with Crippen molar-refractivity contribution in [1.29, 1.82) is 0 Å². The molecule has 134 valence electrons. The topological polar surface area (TPSA) is 55.8 Å². The van der Waals surface area contributed by atoms with Crippen LogP contribution in [0.3, 0.4) is 0 Å². The van der Waals surface area contributed by atoms with E-state index in [9.17, 15) is 9.90 Å². The molecule has 2 rings (SSSR count). The first-order valence-corrected chi connectivity index (χ1v) is 9.00. The fraction of sp³-hybridized carbons (Fsp3) is 0.632. The van der Waals surface area contributed by atoms with Crippen molar-refractivity contribution in [1.82, 2.24) is 15.1 Å². The molecule has 1 fully saturated rings. The predicted molar refractivity (Wildman–Crippen MR) is 96.9 cm³/mol. The van der Waals surface area contributed by atoms with E-state index in [4.69, 9.17) is 0 Å². The summed E-state index contributed by atoms with van der Waals surface area (Å²) in [6.45, 7) is 6.82. The van der Waals surface area contributed by atoms with Gasteiger partial charge in [-0.05, 0) is 51.9 Å². The van der Waals surface area contributed by atoms with Crippen LogP contribution in [0, 0.1) is 0 Å². The van der Waals surface area contributed by atoms with Gasteiger partial charge in [0.15, 0.2) is 0 Å². The molecule has 2 amide bonds. The summed E-state index contributed by atoms with van der Waals surface area (Å²) in [5.74, 6) is 0. The van der Waals surface area contributed by atoms with Crippen molar-refractivity contribution in [2.45, 2.75) is 44.8 Å². The smallest absolute Gasteiger partial charge is 0.317 e. The Morgan fingerprint density at radius 3 is 2.46 bits per heavy atom. The molecule has 1 aliphatic heterocycles. The number of nitrogens with zero attached hydrogens (tertiary/aromatic N) is 2. The maximum atomic E-state index is 12.6. The Morgan fingerprint density at radius 2 is 1.92 bits per heavy atom. The van der Waals surface area contributed by atoms with E-state index in [1.54, 1.807) is 4.90 Å². The molecule has 5 heteroatoms. The summed E-state index contributed by atoms with van der Waals surface area (Å²) in [6, 6.07) is 9.78. The number of likely N-dealkylation sites (tertiary alicyclic amines) is 1. The number of hydrogen-bond acceptors (Lipinski definition) is 3. The quantitative estimate of drug-likeness (QED) is 0.840. The molecule has 1 aliphatic rings. The highest BCUT2D eigenvalue weighted by Crippen LogP contribution is 2.26. The van der Waals surface area contributed by atoms with Crippen LogP contribution >= 0.6 is 0 Å². The summed E-state index contributed by atoms with van der Waals surface area (Å²) in [5.41, 5.74) is -0.153. The number of aliphatic hydroxyl groups is 1. The monoisotopic (exact) mass is 333 g/mol. The van der Waals surface area contributed by atoms with Crippen LogP contribution in [0.5, 0.6) is 0 Å². The summed E-state index contributed by atoms with van der Waals surface area (Å²) in [4.78, 5) is 16.6. The van der Waals surface area contributed by atoms with Crippen LogP contribution in [0.15, 0.2) is 30.3 Å². The molecule has 1 saturated heterocycles. The molecule has 1 atom stereocenters. The third kappa shape index (κ3) is 4.71. The van der Waals surface area contributed by atoms with E-state index in [0.717, 1.165) is 31.5 Å². The van der Waals surface area contributed by atoms with Gasteiger partial charge in [-0.3, -0.25) is 0 Å². The van der Waals surface area contributed by atoms with Crippen molar-refractivity contribution in [3.63, 3.8) is 0 Å². The van der Waals surface area contributed by atoms with Gasteiger partial charge in [0.1, 0.15) is 5.60 Å². The molecule has 5 nitrogen and oxygen atoms in total. The number of carbonyl (C=O) groups is 1. The van der Waals surface area contributed by atoms with Gasteiger partial charge in [0.25, 0.3) is 0 Å². The third-order valence-electron chi connectivity index (χ3n) is 5.06. The van der Waals surface area contributed by atoms with E-state index in [1.807, 2.05) is 44.2 Å². The van der Waals surface area contributed by atoms with Crippen molar-refractivity contribution in [3.8, 4) is 0 Å². The Labute approximate surface area is 145 Å². The minimum atomic E-state index is -1.01. The number of benzene rings is 1. The Hall–Kier alpha value is -1.59. The molecule has 1 aromatic rings. The number of carbonyl (C=O) groups excluding carboxylic acids is 1. The van der Waals surface area contributed by atoms with Gasteiger partial charge in [0.2, 0.25) is 0 Å². The van der Waals surface area contributed by atoms with Gasteiger partial charge < -0.3 is 20.2 Å². The zero-order valence-corrected chi connectivity index (χ0v) is 15.2. The lowest BCUT2D eigenvalue weighted by atomic mass is 9.90. The average molecular weight is 333 g/mol. The molecule has 0 spiro atoms. The van der Waals surface area contributed by atoms with Crippen molar-refractivity contribution < 1.29 is 9.90 Å². The average Bonchev–Trinajstić information content (AvgIpc) is 2.62. The Balaban J connectivity index is 2.00. The second-order valence-electron chi connectivity index (χ2n) is 6.79. The fourth-order valence-corrected chi connectivity index (χ4v) is 3.22. The van der Waals surface area contributed by atoms with Gasteiger partial charge in [-0.15, -0.1) is 0 Å². The number of amides is 2. The maximum absolute atomic E-state index is 12.6. The van der Waals surface area contributed by atoms with E-state index in [2.05, 4.69) is 17.3 Å². The summed E-state index contributed by atoms with van der Waals surface area (Å²) in [7, 11) is 2.11. The molecule has 1 aromatic carbocycles. The zero-order valence-electron chi connectivity index (χ0n) is 15.2. The van der Waals surface area contributed by atoms with E-state index < -0.39 is 5.60 Å². The van der Waals surface area contributed by atoms with E-state index in [-0.39, 0.29) is 12.1 Å². The summed E-state index contributed by atoms with van der Waals surface area (Å²) in [5, 5.41) is 14.2. The minimum absolute atomic E-state index is 0.0742. The molecular formula is C19H31N3O2. The Morgan fingerprint density at radius 1 is 1.29 bits per heavy atom. The van der Waals surface area contributed by atoms with Crippen molar-refractivity contribution in [3.05, 3.63) is 35.9 Å². The molecule has 1 heterocycles. The number of rotatable bonds is 6. The lowest BCUT2D eigenvalue weighted by molar-refractivity contribution is 0.00571. The van der Waals surface area contributed by atoms with Gasteiger partial charge in [-0.1, -0.05) is 37.3 Å². The summed E-state index contributed by atoms with van der Waals surface area (Å²) >= 11 is 0. The van der Waals surface area contributed by atoms with Gasteiger partial charge in [-0.25, -0.2) is 4.79 Å². The van der Waals surface area contributed by atoms with Crippen LogP contribution in [0.25, 0.3) is 0 Å². The van der Waals surface area contributed by atoms with Crippen LogP contribution in [0.1, 0.15) is 38.7 Å². The van der Waals surface area contributed by atoms with Crippen LogP contribution in [0.2, 0.25) is 0 Å². The molecule has 24 heavy (non-hydrogen) atoms. The zero-order chi connectivity index (χ0) is 17.6. The van der Waals surface area contributed by atoms with Crippen LogP contribution in [-0.4, -0.2) is 60.2 Å². The number of piperidine rings is 1. The van der Waals surface area contributed by atoms with Crippen molar-refractivity contribution >= 4 is 6.03 Å². The number of likely N-dealkylation sites (N-methyl/N-ethyl adjacent to an activating group) is 1. The predicted octanol–water partition coefficient (Wildman–Crippen LogP) is 2.41. The van der Waals surface area contributed by atoms with Crippen LogP contribution in [0.4, 0.5) is 4.79 Å². The minimum Gasteiger partial charge on any atom is -0.383 e. The van der Waals surface area contributed by atoms with Gasteiger partial charge in [0.05, 0.1) is 6.54 Å². The number of urea groups is 1. The van der Waals surface area contributed by atoms with Crippen molar-refractivity contribution in [2.75, 3.05) is 33.2 Å². The highest BCUT2D eigenvalue weighted by Gasteiger charge is 2.32. The Bertz CT molecular complexity index is 515. The van der Waals surface area contributed by atoms with Gasteiger partial charge in [0, 0.05) is 12.6 Å². The van der Waals surface area contributed by atoms with E-state index in [1.165, 1.54) is 0 Å². The molecule has 2 N–H and O–H groups in total. The molecular weight excluding hydrogens is 302 g/mol.